The van der Waals surface area contributed by atoms with E-state index in [2.05, 4.69) is 4.72 Å². The molecule has 0 aromatic heterocycles. The van der Waals surface area contributed by atoms with Gasteiger partial charge in [-0.2, -0.15) is 0 Å². The van der Waals surface area contributed by atoms with E-state index in [-0.39, 0.29) is 20.0 Å². The maximum atomic E-state index is 12.3. The van der Waals surface area contributed by atoms with Gasteiger partial charge in [0.1, 0.15) is 4.90 Å². The van der Waals surface area contributed by atoms with Crippen LogP contribution in [0.1, 0.15) is 5.56 Å². The fourth-order valence-electron chi connectivity index (χ4n) is 1.58. The maximum Gasteiger partial charge on any atom is 0.263 e. The summed E-state index contributed by atoms with van der Waals surface area (Å²) in [4.78, 5) is -0.157. The van der Waals surface area contributed by atoms with Gasteiger partial charge in [0.05, 0.1) is 20.8 Å². The van der Waals surface area contributed by atoms with Crippen LogP contribution in [-0.2, 0) is 10.0 Å². The van der Waals surface area contributed by atoms with E-state index >= 15 is 0 Å². The number of halogens is 4. The third-order valence-electron chi connectivity index (χ3n) is 2.69. The summed E-state index contributed by atoms with van der Waals surface area (Å²) >= 11 is 23.5. The molecule has 0 amide bonds. The minimum atomic E-state index is -3.90. The van der Waals surface area contributed by atoms with Gasteiger partial charge >= 0.3 is 0 Å². The van der Waals surface area contributed by atoms with Gasteiger partial charge < -0.3 is 0 Å². The predicted molar refractivity (Wildman–Crippen MR) is 88.5 cm³/mol. The summed E-state index contributed by atoms with van der Waals surface area (Å²) in [7, 11) is -3.90. The van der Waals surface area contributed by atoms with Crippen molar-refractivity contribution in [3.05, 3.63) is 56.0 Å². The van der Waals surface area contributed by atoms with Gasteiger partial charge in [0.2, 0.25) is 0 Å². The molecular formula is C13H9Cl4NO2S. The van der Waals surface area contributed by atoms with Crippen molar-refractivity contribution >= 4 is 62.1 Å². The highest BCUT2D eigenvalue weighted by molar-refractivity contribution is 7.92. The number of rotatable bonds is 3. The van der Waals surface area contributed by atoms with E-state index in [1.165, 1.54) is 18.2 Å². The molecule has 2 aromatic carbocycles. The number of nitrogens with one attached hydrogen (secondary N) is 1. The Kier molecular flexibility index (Phi) is 4.96. The zero-order valence-corrected chi connectivity index (χ0v) is 14.5. The van der Waals surface area contributed by atoms with Crippen molar-refractivity contribution < 1.29 is 8.42 Å². The quantitative estimate of drug-likeness (QED) is 0.719. The minimum absolute atomic E-state index is 0.0184. The SMILES string of the molecule is Cc1ccc(NS(=O)(=O)c2cc(Cl)c(Cl)cc2Cl)cc1Cl. The van der Waals surface area contributed by atoms with Crippen molar-refractivity contribution in [2.24, 2.45) is 0 Å². The first-order valence-corrected chi connectivity index (χ1v) is 8.64. The van der Waals surface area contributed by atoms with Gasteiger partial charge in [0.15, 0.2) is 0 Å². The fourth-order valence-corrected chi connectivity index (χ4v) is 3.81. The summed E-state index contributed by atoms with van der Waals surface area (Å²) in [6.45, 7) is 1.82. The molecule has 0 unspecified atom stereocenters. The summed E-state index contributed by atoms with van der Waals surface area (Å²) in [5.41, 5.74) is 1.17. The van der Waals surface area contributed by atoms with Crippen LogP contribution in [0.4, 0.5) is 5.69 Å². The first kappa shape index (κ1) is 16.7. The molecule has 0 saturated heterocycles. The first-order valence-electron chi connectivity index (χ1n) is 5.64. The molecule has 0 spiro atoms. The second-order valence-electron chi connectivity index (χ2n) is 4.27. The van der Waals surface area contributed by atoms with E-state index in [0.29, 0.717) is 10.7 Å². The van der Waals surface area contributed by atoms with Gasteiger partial charge in [0, 0.05) is 5.02 Å². The minimum Gasteiger partial charge on any atom is -0.280 e. The van der Waals surface area contributed by atoms with Crippen molar-refractivity contribution in [2.75, 3.05) is 4.72 Å². The number of anilines is 1. The van der Waals surface area contributed by atoms with E-state index in [1.54, 1.807) is 12.1 Å². The van der Waals surface area contributed by atoms with Gasteiger partial charge in [-0.15, -0.1) is 0 Å². The molecule has 3 nitrogen and oxygen atoms in total. The standard InChI is InChI=1S/C13H9Cl4NO2S/c1-7-2-3-8(4-9(7)14)18-21(19,20)13-6-11(16)10(15)5-12(13)17/h2-6,18H,1H3. The van der Waals surface area contributed by atoms with Crippen molar-refractivity contribution in [2.45, 2.75) is 11.8 Å². The molecule has 2 rings (SSSR count). The Morgan fingerprint density at radius 1 is 0.857 bits per heavy atom. The topological polar surface area (TPSA) is 46.2 Å². The molecule has 0 heterocycles. The van der Waals surface area contributed by atoms with Gasteiger partial charge in [-0.25, -0.2) is 8.42 Å². The average molecular weight is 385 g/mol. The molecule has 1 N–H and O–H groups in total. The fraction of sp³-hybridized carbons (Fsp3) is 0.0769. The van der Waals surface area contributed by atoms with Crippen molar-refractivity contribution in [1.29, 1.82) is 0 Å². The lowest BCUT2D eigenvalue weighted by Gasteiger charge is -2.11. The smallest absolute Gasteiger partial charge is 0.263 e. The predicted octanol–water partition coefficient (Wildman–Crippen LogP) is 5.41. The number of aryl methyl sites for hydroxylation is 1. The van der Waals surface area contributed by atoms with Crippen molar-refractivity contribution in [3.63, 3.8) is 0 Å². The molecule has 21 heavy (non-hydrogen) atoms. The third-order valence-corrected chi connectivity index (χ3v) is 5.66. The Labute approximate surface area is 142 Å². The molecule has 0 aliphatic carbocycles. The molecule has 0 bridgehead atoms. The van der Waals surface area contributed by atoms with E-state index in [9.17, 15) is 8.42 Å². The number of sulfonamides is 1. The number of hydrogen-bond acceptors (Lipinski definition) is 2. The van der Waals surface area contributed by atoms with Crippen LogP contribution in [-0.4, -0.2) is 8.42 Å². The van der Waals surface area contributed by atoms with E-state index < -0.39 is 10.0 Å². The van der Waals surface area contributed by atoms with Crippen LogP contribution in [0.3, 0.4) is 0 Å². The monoisotopic (exact) mass is 383 g/mol. The Hall–Kier alpha value is -0.650. The zero-order valence-electron chi connectivity index (χ0n) is 10.6. The molecular weight excluding hydrogens is 376 g/mol. The summed E-state index contributed by atoms with van der Waals surface area (Å²) in [5.74, 6) is 0. The maximum absolute atomic E-state index is 12.3. The average Bonchev–Trinajstić information content (AvgIpc) is 2.37. The molecule has 0 atom stereocenters. The Morgan fingerprint density at radius 3 is 2.10 bits per heavy atom. The molecule has 0 saturated carbocycles. The van der Waals surface area contributed by atoms with Crippen LogP contribution in [0.25, 0.3) is 0 Å². The second-order valence-corrected chi connectivity index (χ2v) is 7.55. The number of benzene rings is 2. The molecule has 0 aliphatic heterocycles. The number of hydrogen-bond donors (Lipinski definition) is 1. The van der Waals surface area contributed by atoms with Crippen LogP contribution in [0.5, 0.6) is 0 Å². The lowest BCUT2D eigenvalue weighted by Crippen LogP contribution is -2.13. The molecule has 2 aromatic rings. The molecule has 0 radical (unpaired) electrons. The highest BCUT2D eigenvalue weighted by Gasteiger charge is 2.20. The second kappa shape index (κ2) is 6.23. The van der Waals surface area contributed by atoms with Crippen LogP contribution in [0.2, 0.25) is 20.1 Å². The largest absolute Gasteiger partial charge is 0.280 e. The lowest BCUT2D eigenvalue weighted by molar-refractivity contribution is 0.601. The molecule has 0 fully saturated rings. The Balaban J connectivity index is 2.43. The van der Waals surface area contributed by atoms with Crippen LogP contribution in [0, 0.1) is 6.92 Å². The van der Waals surface area contributed by atoms with Crippen LogP contribution >= 0.6 is 46.4 Å². The van der Waals surface area contributed by atoms with E-state index in [4.69, 9.17) is 46.4 Å². The molecule has 112 valence electrons. The Morgan fingerprint density at radius 2 is 1.48 bits per heavy atom. The highest BCUT2D eigenvalue weighted by Crippen LogP contribution is 2.32. The summed E-state index contributed by atoms with van der Waals surface area (Å²) in [6.07, 6.45) is 0. The Bertz CT molecular complexity index is 806. The lowest BCUT2D eigenvalue weighted by atomic mass is 10.2. The van der Waals surface area contributed by atoms with E-state index in [0.717, 1.165) is 5.56 Å². The normalized spacial score (nSPS) is 11.5. The van der Waals surface area contributed by atoms with E-state index in [1.807, 2.05) is 6.92 Å². The molecule has 0 aliphatic rings. The van der Waals surface area contributed by atoms with Gasteiger partial charge in [-0.3, -0.25) is 4.72 Å². The zero-order chi connectivity index (χ0) is 15.8. The van der Waals surface area contributed by atoms with Gasteiger partial charge in [-0.1, -0.05) is 52.5 Å². The van der Waals surface area contributed by atoms with Crippen LogP contribution in [0.15, 0.2) is 35.2 Å². The van der Waals surface area contributed by atoms with Crippen molar-refractivity contribution in [3.8, 4) is 0 Å². The van der Waals surface area contributed by atoms with Gasteiger partial charge in [-0.05, 0) is 36.8 Å². The summed E-state index contributed by atoms with van der Waals surface area (Å²) in [5, 5.41) is 0.716. The molecule has 8 heteroatoms. The van der Waals surface area contributed by atoms with Gasteiger partial charge in [0.25, 0.3) is 10.0 Å². The summed E-state index contributed by atoms with van der Waals surface area (Å²) < 4.78 is 27.1. The highest BCUT2D eigenvalue weighted by atomic mass is 35.5. The third kappa shape index (κ3) is 3.76. The first-order chi connectivity index (χ1) is 9.70. The van der Waals surface area contributed by atoms with Crippen molar-refractivity contribution in [1.82, 2.24) is 0 Å². The van der Waals surface area contributed by atoms with Crippen LogP contribution < -0.4 is 4.72 Å². The summed E-state index contributed by atoms with van der Waals surface area (Å²) in [6, 6.07) is 7.30.